The summed E-state index contributed by atoms with van der Waals surface area (Å²) in [5.41, 5.74) is -3.62. The van der Waals surface area contributed by atoms with E-state index in [-0.39, 0.29) is 18.8 Å². The number of rotatable bonds is 6. The number of carbonyl (C=O) groups excluding carboxylic acids is 4. The van der Waals surface area contributed by atoms with Crippen molar-refractivity contribution in [3.8, 4) is 0 Å². The molecule has 1 aliphatic carbocycles. The Morgan fingerprint density at radius 2 is 1.71 bits per heavy atom. The summed E-state index contributed by atoms with van der Waals surface area (Å²) in [5, 5.41) is 3.19. The van der Waals surface area contributed by atoms with E-state index in [0.29, 0.717) is 18.4 Å². The first kappa shape index (κ1) is 25.1. The molecule has 8 heteroatoms. The maximum atomic E-state index is 13.8. The first-order valence-electron chi connectivity index (χ1n) is 12.1. The van der Waals surface area contributed by atoms with Gasteiger partial charge in [-0.15, -0.1) is 0 Å². The van der Waals surface area contributed by atoms with E-state index in [9.17, 15) is 19.2 Å². The van der Waals surface area contributed by atoms with Crippen LogP contribution in [0.15, 0.2) is 41.7 Å². The van der Waals surface area contributed by atoms with Gasteiger partial charge in [0, 0.05) is 5.41 Å². The Morgan fingerprint density at radius 1 is 1.06 bits per heavy atom. The highest BCUT2D eigenvalue weighted by Crippen LogP contribution is 2.66. The van der Waals surface area contributed by atoms with Crippen molar-refractivity contribution in [3.63, 3.8) is 0 Å². The van der Waals surface area contributed by atoms with Gasteiger partial charge in [0.25, 0.3) is 0 Å². The van der Waals surface area contributed by atoms with Gasteiger partial charge in [0.05, 0.1) is 18.1 Å². The van der Waals surface area contributed by atoms with Crippen LogP contribution in [0, 0.1) is 10.8 Å². The predicted octanol–water partition coefficient (Wildman–Crippen LogP) is 3.55. The highest BCUT2D eigenvalue weighted by molar-refractivity contribution is 6.17. The maximum absolute atomic E-state index is 13.8. The lowest BCUT2D eigenvalue weighted by molar-refractivity contribution is -0.181. The molecule has 2 unspecified atom stereocenters. The summed E-state index contributed by atoms with van der Waals surface area (Å²) in [4.78, 5) is 53.3. The second-order valence-corrected chi connectivity index (χ2v) is 10.4. The van der Waals surface area contributed by atoms with Crippen molar-refractivity contribution in [2.45, 2.75) is 78.0 Å². The molecule has 2 fully saturated rings. The molecule has 188 valence electrons. The Balaban J connectivity index is 1.80. The third kappa shape index (κ3) is 3.22. The Bertz CT molecular complexity index is 1120. The van der Waals surface area contributed by atoms with E-state index in [0.717, 1.165) is 5.56 Å². The van der Waals surface area contributed by atoms with E-state index in [4.69, 9.17) is 14.2 Å². The second-order valence-electron chi connectivity index (χ2n) is 10.4. The van der Waals surface area contributed by atoms with Crippen LogP contribution in [-0.4, -0.2) is 41.4 Å². The fraction of sp³-hybridized carbons (Fsp3) is 0.556. The highest BCUT2D eigenvalue weighted by Gasteiger charge is 2.76. The third-order valence-electron chi connectivity index (χ3n) is 8.67. The van der Waals surface area contributed by atoms with Gasteiger partial charge < -0.3 is 14.2 Å². The Kier molecular flexibility index (Phi) is 5.95. The van der Waals surface area contributed by atoms with Crippen molar-refractivity contribution in [2.24, 2.45) is 10.8 Å². The highest BCUT2D eigenvalue weighted by atomic mass is 16.6. The average Bonchev–Trinajstić information content (AvgIpc) is 3.13. The normalized spacial score (nSPS) is 33.5. The molecule has 35 heavy (non-hydrogen) atoms. The van der Waals surface area contributed by atoms with Crippen molar-refractivity contribution in [2.75, 3.05) is 6.61 Å². The summed E-state index contributed by atoms with van der Waals surface area (Å²) in [5.74, 6) is -2.84. The van der Waals surface area contributed by atoms with Crippen LogP contribution in [0.5, 0.6) is 0 Å². The lowest BCUT2D eigenvalue weighted by Crippen LogP contribution is -2.63. The molecule has 0 spiro atoms. The molecule has 1 aromatic rings. The molecule has 1 saturated carbocycles. The largest absolute Gasteiger partial charge is 0.464 e. The van der Waals surface area contributed by atoms with Crippen LogP contribution in [0.3, 0.4) is 0 Å². The predicted molar refractivity (Wildman–Crippen MR) is 126 cm³/mol. The molecule has 4 rings (SSSR count). The zero-order valence-electron chi connectivity index (χ0n) is 21.2. The molecule has 1 N–H and O–H groups in total. The Labute approximate surface area is 205 Å². The molecular weight excluding hydrogens is 450 g/mol. The van der Waals surface area contributed by atoms with Crippen molar-refractivity contribution < 1.29 is 33.4 Å². The average molecular weight is 484 g/mol. The summed E-state index contributed by atoms with van der Waals surface area (Å²) in [6.07, 6.45) is 0.876. The molecule has 8 nitrogen and oxygen atoms in total. The second kappa shape index (κ2) is 8.29. The van der Waals surface area contributed by atoms with Gasteiger partial charge in [-0.1, -0.05) is 51.1 Å². The number of ether oxygens (including phenoxy) is 3. The summed E-state index contributed by atoms with van der Waals surface area (Å²) in [6, 6.07) is 8.72. The fourth-order valence-corrected chi connectivity index (χ4v) is 5.72. The maximum Gasteiger partial charge on any atom is 0.356 e. The number of Topliss-reactive ketones (excluding diaryl/α,β-unsaturated/α-hetero) is 1. The Morgan fingerprint density at radius 3 is 2.23 bits per heavy atom. The number of benzene rings is 1. The van der Waals surface area contributed by atoms with Gasteiger partial charge in [-0.25, -0.2) is 9.59 Å². The number of esters is 3. The SMILES string of the molecule is CCOC(=O)[C@@]1(CC)N[C@@H](c2ccccc2)C(C)=C(OC(=O)C23CCC(C)(C(=O)O2)C3(C)C)C1=O. The summed E-state index contributed by atoms with van der Waals surface area (Å²) < 4.78 is 16.8. The van der Waals surface area contributed by atoms with Crippen molar-refractivity contribution >= 4 is 23.7 Å². The molecule has 2 aliphatic heterocycles. The van der Waals surface area contributed by atoms with Gasteiger partial charge in [0.15, 0.2) is 11.3 Å². The van der Waals surface area contributed by atoms with Crippen LogP contribution >= 0.6 is 0 Å². The number of carbonyl (C=O) groups is 4. The van der Waals surface area contributed by atoms with Gasteiger partial charge in [-0.2, -0.15) is 0 Å². The zero-order valence-corrected chi connectivity index (χ0v) is 21.2. The standard InChI is InChI=1S/C27H33NO7/c1-7-26(22(31)33-8-2)20(29)19(16(3)18(28-26)17-12-10-9-11-13-17)34-23(32)27-15-14-25(6,21(30)35-27)24(27,4)5/h9-13,18,28H,7-8,14-15H2,1-6H3/t18-,25?,26+,27?/m1/s1. The molecule has 2 heterocycles. The van der Waals surface area contributed by atoms with Crippen molar-refractivity contribution in [1.29, 1.82) is 0 Å². The van der Waals surface area contributed by atoms with Crippen LogP contribution in [0.2, 0.25) is 0 Å². The Hall–Kier alpha value is -3.00. The minimum Gasteiger partial charge on any atom is -0.464 e. The van der Waals surface area contributed by atoms with Gasteiger partial charge in [-0.3, -0.25) is 14.9 Å². The van der Waals surface area contributed by atoms with Crippen molar-refractivity contribution in [1.82, 2.24) is 5.32 Å². The number of ketones is 1. The lowest BCUT2D eigenvalue weighted by atomic mass is 9.66. The van der Waals surface area contributed by atoms with Gasteiger partial charge >= 0.3 is 17.9 Å². The monoisotopic (exact) mass is 483 g/mol. The summed E-state index contributed by atoms with van der Waals surface area (Å²) in [7, 11) is 0. The molecule has 2 bridgehead atoms. The fourth-order valence-electron chi connectivity index (χ4n) is 5.72. The van der Waals surface area contributed by atoms with E-state index in [2.05, 4.69) is 5.32 Å². The van der Waals surface area contributed by atoms with Gasteiger partial charge in [0.1, 0.15) is 0 Å². The third-order valence-corrected chi connectivity index (χ3v) is 8.67. The van der Waals surface area contributed by atoms with Gasteiger partial charge in [0.2, 0.25) is 11.4 Å². The molecule has 0 amide bonds. The lowest BCUT2D eigenvalue weighted by Gasteiger charge is -2.40. The van der Waals surface area contributed by atoms with Crippen LogP contribution in [-0.2, 0) is 33.4 Å². The molecule has 4 atom stereocenters. The van der Waals surface area contributed by atoms with Crippen LogP contribution in [0.1, 0.15) is 72.4 Å². The van der Waals surface area contributed by atoms with E-state index in [1.807, 2.05) is 44.2 Å². The minimum atomic E-state index is -1.73. The number of nitrogens with one attached hydrogen (secondary N) is 1. The molecule has 1 aromatic carbocycles. The molecule has 3 aliphatic rings. The van der Waals surface area contributed by atoms with E-state index >= 15 is 0 Å². The minimum absolute atomic E-state index is 0.0893. The number of fused-ring (bicyclic) bond motifs is 2. The summed E-state index contributed by atoms with van der Waals surface area (Å²) >= 11 is 0. The van der Waals surface area contributed by atoms with Gasteiger partial charge in [-0.05, 0) is 51.2 Å². The first-order valence-corrected chi connectivity index (χ1v) is 12.1. The smallest absolute Gasteiger partial charge is 0.356 e. The van der Waals surface area contributed by atoms with E-state index < -0.39 is 51.7 Å². The molecular formula is C27H33NO7. The number of hydrogen-bond acceptors (Lipinski definition) is 8. The van der Waals surface area contributed by atoms with E-state index in [1.165, 1.54) is 0 Å². The topological polar surface area (TPSA) is 108 Å². The van der Waals surface area contributed by atoms with Crippen molar-refractivity contribution in [3.05, 3.63) is 47.2 Å². The van der Waals surface area contributed by atoms with Crippen LogP contribution in [0.4, 0.5) is 0 Å². The van der Waals surface area contributed by atoms with Crippen LogP contribution < -0.4 is 5.32 Å². The van der Waals surface area contributed by atoms with Crippen LogP contribution in [0.25, 0.3) is 0 Å². The molecule has 0 aromatic heterocycles. The number of hydrogen-bond donors (Lipinski definition) is 1. The zero-order chi connectivity index (χ0) is 25.8. The summed E-state index contributed by atoms with van der Waals surface area (Å²) in [6.45, 7) is 10.6. The molecule has 0 radical (unpaired) electrons. The first-order chi connectivity index (χ1) is 16.4. The van der Waals surface area contributed by atoms with E-state index in [1.54, 1.807) is 27.7 Å². The quantitative estimate of drug-likeness (QED) is 0.372. The molecule has 1 saturated heterocycles.